The molecule has 27 heavy (non-hydrogen) atoms. The summed E-state index contributed by atoms with van der Waals surface area (Å²) >= 11 is 11.8. The van der Waals surface area contributed by atoms with Crippen LogP contribution in [0.1, 0.15) is 24.1 Å². The zero-order chi connectivity index (χ0) is 20.0. The predicted octanol–water partition coefficient (Wildman–Crippen LogP) is 3.09. The second kappa shape index (κ2) is 9.78. The molecule has 3 N–H and O–H groups in total. The van der Waals surface area contributed by atoms with E-state index in [1.165, 1.54) is 12.1 Å². The Morgan fingerprint density at radius 2 is 1.85 bits per heavy atom. The van der Waals surface area contributed by atoms with Crippen LogP contribution in [0, 0.1) is 5.82 Å². The lowest BCUT2D eigenvalue weighted by molar-refractivity contribution is -0.682. The third kappa shape index (κ3) is 5.73. The molecule has 2 rings (SSSR count). The van der Waals surface area contributed by atoms with Gasteiger partial charge in [0, 0.05) is 12.1 Å². The summed E-state index contributed by atoms with van der Waals surface area (Å²) in [6.45, 7) is 2.38. The molecule has 8 heteroatoms. The van der Waals surface area contributed by atoms with E-state index < -0.39 is 5.82 Å². The maximum atomic E-state index is 13.6. The number of nitrogens with two attached hydrogens (primary N) is 1. The second-order valence-electron chi connectivity index (χ2n) is 5.98. The number of rotatable bonds is 8. The molecule has 1 atom stereocenters. The number of ether oxygens (including phenoxy) is 2. The minimum absolute atomic E-state index is 0.0244. The fraction of sp³-hybridized carbons (Fsp3) is 0.316. The van der Waals surface area contributed by atoms with Gasteiger partial charge in [-0.15, -0.1) is 0 Å². The van der Waals surface area contributed by atoms with Crippen molar-refractivity contribution in [3.05, 3.63) is 57.3 Å². The van der Waals surface area contributed by atoms with E-state index >= 15 is 0 Å². The summed E-state index contributed by atoms with van der Waals surface area (Å²) in [7, 11) is 3.12. The number of carbonyl (C=O) groups is 1. The van der Waals surface area contributed by atoms with Gasteiger partial charge < -0.3 is 20.1 Å². The molecule has 146 valence electrons. The monoisotopic (exact) mass is 415 g/mol. The van der Waals surface area contributed by atoms with Crippen molar-refractivity contribution < 1.29 is 24.0 Å². The van der Waals surface area contributed by atoms with E-state index in [-0.39, 0.29) is 23.5 Å². The fourth-order valence-electron chi connectivity index (χ4n) is 2.56. The van der Waals surface area contributed by atoms with Crippen molar-refractivity contribution in [2.75, 3.05) is 20.8 Å². The quantitative estimate of drug-likeness (QED) is 0.651. The summed E-state index contributed by atoms with van der Waals surface area (Å²) in [5, 5.41) is 4.96. The van der Waals surface area contributed by atoms with Gasteiger partial charge in [0.25, 0.3) is 5.91 Å². The Morgan fingerprint density at radius 1 is 1.15 bits per heavy atom. The average Bonchev–Trinajstić information content (AvgIpc) is 2.66. The molecule has 1 amide bonds. The van der Waals surface area contributed by atoms with E-state index in [0.717, 1.165) is 5.56 Å². The van der Waals surface area contributed by atoms with Crippen molar-refractivity contribution in [3.8, 4) is 11.5 Å². The molecule has 0 bridgehead atoms. The maximum Gasteiger partial charge on any atom is 0.275 e. The van der Waals surface area contributed by atoms with Crippen LogP contribution in [0.3, 0.4) is 0 Å². The molecular formula is C19H22Cl2FN2O3+. The van der Waals surface area contributed by atoms with Crippen molar-refractivity contribution in [2.45, 2.75) is 19.5 Å². The largest absolute Gasteiger partial charge is 0.493 e. The van der Waals surface area contributed by atoms with Crippen LogP contribution in [0.2, 0.25) is 10.0 Å². The van der Waals surface area contributed by atoms with Crippen LogP contribution in [-0.4, -0.2) is 26.7 Å². The molecule has 0 aliphatic carbocycles. The Balaban J connectivity index is 1.88. The van der Waals surface area contributed by atoms with Crippen molar-refractivity contribution in [1.29, 1.82) is 0 Å². The van der Waals surface area contributed by atoms with Crippen molar-refractivity contribution >= 4 is 29.1 Å². The van der Waals surface area contributed by atoms with E-state index in [4.69, 9.17) is 32.7 Å². The van der Waals surface area contributed by atoms with Crippen LogP contribution in [0.5, 0.6) is 11.5 Å². The molecule has 2 aromatic carbocycles. The van der Waals surface area contributed by atoms with Crippen LogP contribution < -0.4 is 20.1 Å². The molecule has 0 unspecified atom stereocenters. The Labute approximate surface area is 167 Å². The summed E-state index contributed by atoms with van der Waals surface area (Å²) in [4.78, 5) is 12.1. The van der Waals surface area contributed by atoms with Crippen molar-refractivity contribution in [1.82, 2.24) is 5.32 Å². The summed E-state index contributed by atoms with van der Waals surface area (Å²) in [6.07, 6.45) is 0. The van der Waals surface area contributed by atoms with Gasteiger partial charge in [-0.1, -0.05) is 29.3 Å². The van der Waals surface area contributed by atoms with Crippen molar-refractivity contribution in [2.24, 2.45) is 0 Å². The van der Waals surface area contributed by atoms with Gasteiger partial charge in [0.15, 0.2) is 18.0 Å². The van der Waals surface area contributed by atoms with Crippen LogP contribution in [0.4, 0.5) is 4.39 Å². The molecule has 0 saturated carbocycles. The van der Waals surface area contributed by atoms with E-state index in [9.17, 15) is 9.18 Å². The molecule has 5 nitrogen and oxygen atoms in total. The number of benzene rings is 2. The molecule has 0 fully saturated rings. The highest BCUT2D eigenvalue weighted by Gasteiger charge is 2.17. The predicted molar refractivity (Wildman–Crippen MR) is 103 cm³/mol. The number of amides is 1. The van der Waals surface area contributed by atoms with E-state index in [1.807, 2.05) is 19.1 Å². The Morgan fingerprint density at radius 3 is 2.52 bits per heavy atom. The third-order valence-corrected chi connectivity index (χ3v) is 4.74. The average molecular weight is 416 g/mol. The van der Waals surface area contributed by atoms with Gasteiger partial charge in [0.05, 0.1) is 24.3 Å². The Hall–Kier alpha value is -2.02. The Bertz CT molecular complexity index is 818. The van der Waals surface area contributed by atoms with E-state index in [0.29, 0.717) is 28.6 Å². The molecule has 0 saturated heterocycles. The lowest BCUT2D eigenvalue weighted by Gasteiger charge is -2.14. The van der Waals surface area contributed by atoms with Crippen molar-refractivity contribution in [3.63, 3.8) is 0 Å². The molecule has 0 spiro atoms. The minimum atomic E-state index is -0.533. The first-order chi connectivity index (χ1) is 12.8. The number of hydrogen-bond acceptors (Lipinski definition) is 3. The summed E-state index contributed by atoms with van der Waals surface area (Å²) < 4.78 is 24.1. The summed E-state index contributed by atoms with van der Waals surface area (Å²) in [5.41, 5.74) is 1.48. The van der Waals surface area contributed by atoms with Crippen LogP contribution in [0.25, 0.3) is 0 Å². The minimum Gasteiger partial charge on any atom is -0.493 e. The van der Waals surface area contributed by atoms with Gasteiger partial charge in [-0.05, 0) is 36.8 Å². The standard InChI is InChI=1S/C19H21Cl2FN2O3/c1-11(13-7-16(22)15(21)8-14(13)20)23-10-19(25)24-9-12-4-5-17(26-2)18(6-12)27-3/h4-8,11,23H,9-10H2,1-3H3,(H,24,25)/p+1/t11-/m0/s1. The smallest absolute Gasteiger partial charge is 0.275 e. The Kier molecular flexibility index (Phi) is 7.71. The first-order valence-corrected chi connectivity index (χ1v) is 9.06. The number of carbonyl (C=O) groups excluding carboxylic acids is 1. The van der Waals surface area contributed by atoms with E-state index in [2.05, 4.69) is 5.32 Å². The van der Waals surface area contributed by atoms with Gasteiger partial charge in [-0.25, -0.2) is 4.39 Å². The molecule has 0 radical (unpaired) electrons. The topological polar surface area (TPSA) is 64.2 Å². The number of halogens is 3. The lowest BCUT2D eigenvalue weighted by Crippen LogP contribution is -2.87. The third-order valence-electron chi connectivity index (χ3n) is 4.12. The number of methoxy groups -OCH3 is 2. The summed E-state index contributed by atoms with van der Waals surface area (Å²) in [6, 6.07) is 7.91. The maximum absolute atomic E-state index is 13.6. The highest BCUT2D eigenvalue weighted by molar-refractivity contribution is 6.35. The molecule has 0 heterocycles. The van der Waals surface area contributed by atoms with Gasteiger partial charge in [-0.2, -0.15) is 0 Å². The molecule has 0 aliphatic rings. The number of hydrogen-bond donors (Lipinski definition) is 2. The fourth-order valence-corrected chi connectivity index (χ4v) is 3.12. The molecule has 0 aromatic heterocycles. The lowest BCUT2D eigenvalue weighted by atomic mass is 10.1. The molecule has 0 aliphatic heterocycles. The number of nitrogens with one attached hydrogen (secondary N) is 1. The molecule has 2 aromatic rings. The van der Waals surface area contributed by atoms with Gasteiger partial charge in [0.2, 0.25) is 0 Å². The van der Waals surface area contributed by atoms with Gasteiger partial charge >= 0.3 is 0 Å². The van der Waals surface area contributed by atoms with Gasteiger partial charge in [-0.3, -0.25) is 4.79 Å². The summed E-state index contributed by atoms with van der Waals surface area (Å²) in [5.74, 6) is 0.544. The van der Waals surface area contributed by atoms with Gasteiger partial charge in [0.1, 0.15) is 11.9 Å². The normalized spacial score (nSPS) is 11.8. The second-order valence-corrected chi connectivity index (χ2v) is 6.80. The van der Waals surface area contributed by atoms with Crippen LogP contribution in [-0.2, 0) is 11.3 Å². The first-order valence-electron chi connectivity index (χ1n) is 8.31. The number of quaternary nitrogens is 1. The zero-order valence-corrected chi connectivity index (χ0v) is 16.8. The highest BCUT2D eigenvalue weighted by atomic mass is 35.5. The zero-order valence-electron chi connectivity index (χ0n) is 15.3. The SMILES string of the molecule is COc1ccc(CNC(=O)C[NH2+][C@@H](C)c2cc(F)c(Cl)cc2Cl)cc1OC. The van der Waals surface area contributed by atoms with Crippen LogP contribution >= 0.6 is 23.2 Å². The van der Waals surface area contributed by atoms with Crippen LogP contribution in [0.15, 0.2) is 30.3 Å². The highest BCUT2D eigenvalue weighted by Crippen LogP contribution is 2.28. The first kappa shape index (κ1) is 21.3. The molecular weight excluding hydrogens is 394 g/mol. The van der Waals surface area contributed by atoms with E-state index in [1.54, 1.807) is 25.6 Å².